The maximum Gasteiger partial charge on any atom is 0.257 e. The second kappa shape index (κ2) is 6.42. The quantitative estimate of drug-likeness (QED) is 0.620. The van der Waals surface area contributed by atoms with Gasteiger partial charge in [-0.1, -0.05) is 46.4 Å². The van der Waals surface area contributed by atoms with Crippen LogP contribution in [0.5, 0.6) is 0 Å². The molecule has 0 radical (unpaired) electrons. The lowest BCUT2D eigenvalue weighted by Gasteiger charge is -2.14. The Labute approximate surface area is 103 Å². The maximum absolute atomic E-state index is 11.3. The third kappa shape index (κ3) is 5.62. The van der Waals surface area contributed by atoms with Gasteiger partial charge in [0.1, 0.15) is 4.49 Å². The Balaban J connectivity index is 4.09. The molecule has 0 aromatic heterocycles. The zero-order valence-corrected chi connectivity index (χ0v) is 10.0. The van der Waals surface area contributed by atoms with E-state index in [4.69, 9.17) is 52.8 Å². The second-order valence-electron chi connectivity index (χ2n) is 2.29. The van der Waals surface area contributed by atoms with E-state index in [9.17, 15) is 4.79 Å². The number of alkyl halides is 2. The average Bonchev–Trinajstić information content (AvgIpc) is 2.03. The second-order valence-corrected chi connectivity index (χ2v) is 4.78. The minimum absolute atomic E-state index is 0.0528. The topological polar surface area (TPSA) is 29.1 Å². The molecule has 0 heterocycles. The Bertz CT molecular complexity index is 276. The van der Waals surface area contributed by atoms with Gasteiger partial charge < -0.3 is 5.32 Å². The molecular formula is C8H7Cl4NO. The molecule has 0 spiro atoms. The number of terminal acetylenes is 1. The Morgan fingerprint density at radius 2 is 2.07 bits per heavy atom. The summed E-state index contributed by atoms with van der Waals surface area (Å²) in [5.41, 5.74) is 0. The molecule has 0 aliphatic rings. The fraction of sp³-hybridized carbons (Fsp3) is 0.375. The van der Waals surface area contributed by atoms with Crippen LogP contribution in [-0.4, -0.2) is 16.8 Å². The van der Waals surface area contributed by atoms with Crippen molar-refractivity contribution in [1.29, 1.82) is 0 Å². The normalized spacial score (nSPS) is 10.2. The van der Waals surface area contributed by atoms with Crippen molar-refractivity contribution in [3.05, 3.63) is 10.6 Å². The molecule has 0 aliphatic heterocycles. The van der Waals surface area contributed by atoms with Gasteiger partial charge in [-0.2, -0.15) is 0 Å². The lowest BCUT2D eigenvalue weighted by atomic mass is 10.3. The fourth-order valence-corrected chi connectivity index (χ4v) is 1.00. The summed E-state index contributed by atoms with van der Waals surface area (Å²) in [6.07, 6.45) is 6.30. The molecule has 14 heavy (non-hydrogen) atoms. The lowest BCUT2D eigenvalue weighted by Crippen LogP contribution is -2.38. The van der Waals surface area contributed by atoms with E-state index < -0.39 is 10.2 Å². The van der Waals surface area contributed by atoms with E-state index in [0.29, 0.717) is 0 Å². The Morgan fingerprint density at radius 1 is 1.50 bits per heavy atom. The van der Waals surface area contributed by atoms with Crippen LogP contribution in [0, 0.1) is 12.3 Å². The van der Waals surface area contributed by atoms with Gasteiger partial charge in [0.25, 0.3) is 5.91 Å². The number of hydrogen-bond acceptors (Lipinski definition) is 1. The number of amides is 1. The Kier molecular flexibility index (Phi) is 6.39. The predicted molar refractivity (Wildman–Crippen MR) is 60.7 cm³/mol. The zero-order valence-electron chi connectivity index (χ0n) is 6.99. The van der Waals surface area contributed by atoms with Crippen LogP contribution < -0.4 is 5.32 Å². The predicted octanol–water partition coefficient (Wildman–Crippen LogP) is 2.62. The van der Waals surface area contributed by atoms with Crippen LogP contribution in [0.15, 0.2) is 10.6 Å². The highest BCUT2D eigenvalue weighted by atomic mass is 35.5. The van der Waals surface area contributed by atoms with Gasteiger partial charge in [-0.05, 0) is 6.08 Å². The number of carbonyl (C=O) groups is 1. The van der Waals surface area contributed by atoms with Crippen LogP contribution in [0.2, 0.25) is 0 Å². The highest BCUT2D eigenvalue weighted by Gasteiger charge is 2.32. The molecule has 0 saturated heterocycles. The van der Waals surface area contributed by atoms with Crippen molar-refractivity contribution >= 4 is 52.3 Å². The Morgan fingerprint density at radius 3 is 2.50 bits per heavy atom. The van der Waals surface area contributed by atoms with Crippen LogP contribution in [0.4, 0.5) is 0 Å². The fourth-order valence-electron chi connectivity index (χ4n) is 0.559. The SMILES string of the molecule is C#CCC(Cl)(Cl)C(=O)NCC=C(Cl)Cl. The summed E-state index contributed by atoms with van der Waals surface area (Å²) >= 11 is 21.9. The Hall–Kier alpha value is -0.0700. The molecule has 0 unspecified atom stereocenters. The molecule has 2 nitrogen and oxygen atoms in total. The first kappa shape index (κ1) is 13.9. The molecule has 1 amide bonds. The minimum Gasteiger partial charge on any atom is -0.350 e. The van der Waals surface area contributed by atoms with Gasteiger partial charge in [-0.25, -0.2) is 0 Å². The van der Waals surface area contributed by atoms with E-state index in [1.165, 1.54) is 6.08 Å². The van der Waals surface area contributed by atoms with E-state index >= 15 is 0 Å². The maximum atomic E-state index is 11.3. The van der Waals surface area contributed by atoms with Gasteiger partial charge in [0.05, 0.1) is 6.42 Å². The molecular weight excluding hydrogens is 268 g/mol. The van der Waals surface area contributed by atoms with Crippen molar-refractivity contribution in [3.8, 4) is 12.3 Å². The van der Waals surface area contributed by atoms with Crippen LogP contribution in [0.25, 0.3) is 0 Å². The summed E-state index contributed by atoms with van der Waals surface area (Å²) in [5.74, 6) is 1.62. The first-order chi connectivity index (χ1) is 6.40. The lowest BCUT2D eigenvalue weighted by molar-refractivity contribution is -0.121. The van der Waals surface area contributed by atoms with Crippen molar-refractivity contribution < 1.29 is 4.79 Å². The average molecular weight is 275 g/mol. The number of carbonyl (C=O) groups excluding carboxylic acids is 1. The summed E-state index contributed by atoms with van der Waals surface area (Å²) in [6, 6.07) is 0. The van der Waals surface area contributed by atoms with E-state index in [0.717, 1.165) is 0 Å². The third-order valence-corrected chi connectivity index (χ3v) is 2.09. The summed E-state index contributed by atoms with van der Waals surface area (Å²) < 4.78 is -1.56. The van der Waals surface area contributed by atoms with Crippen LogP contribution >= 0.6 is 46.4 Å². The third-order valence-electron chi connectivity index (χ3n) is 1.18. The smallest absolute Gasteiger partial charge is 0.257 e. The number of halogens is 4. The monoisotopic (exact) mass is 273 g/mol. The first-order valence-corrected chi connectivity index (χ1v) is 5.02. The molecule has 0 atom stereocenters. The first-order valence-electron chi connectivity index (χ1n) is 3.51. The standard InChI is InChI=1S/C8H7Cl4NO/c1-2-4-8(11,12)7(14)13-5-3-6(9)10/h1,3H,4-5H2,(H,13,14). The largest absolute Gasteiger partial charge is 0.350 e. The van der Waals surface area contributed by atoms with Crippen molar-refractivity contribution in [2.75, 3.05) is 6.54 Å². The van der Waals surface area contributed by atoms with Gasteiger partial charge >= 0.3 is 0 Å². The van der Waals surface area contributed by atoms with Crippen LogP contribution in [-0.2, 0) is 4.79 Å². The molecule has 0 aromatic carbocycles. The van der Waals surface area contributed by atoms with E-state index in [1.807, 2.05) is 0 Å². The molecule has 0 aromatic rings. The summed E-state index contributed by atoms with van der Waals surface area (Å²) in [7, 11) is 0. The van der Waals surface area contributed by atoms with Gasteiger partial charge in [-0.15, -0.1) is 12.3 Å². The van der Waals surface area contributed by atoms with Crippen molar-refractivity contribution in [1.82, 2.24) is 5.32 Å². The molecule has 6 heteroatoms. The van der Waals surface area contributed by atoms with Gasteiger partial charge in [0.15, 0.2) is 0 Å². The van der Waals surface area contributed by atoms with E-state index in [-0.39, 0.29) is 17.5 Å². The number of hydrogen-bond donors (Lipinski definition) is 1. The minimum atomic E-state index is -1.61. The van der Waals surface area contributed by atoms with Crippen molar-refractivity contribution in [2.24, 2.45) is 0 Å². The number of rotatable bonds is 4. The summed E-state index contributed by atoms with van der Waals surface area (Å²) in [6.45, 7) is 0.146. The molecule has 0 bridgehead atoms. The highest BCUT2D eigenvalue weighted by molar-refractivity contribution is 6.58. The van der Waals surface area contributed by atoms with Crippen LogP contribution in [0.3, 0.4) is 0 Å². The molecule has 1 N–H and O–H groups in total. The molecule has 78 valence electrons. The van der Waals surface area contributed by atoms with E-state index in [1.54, 1.807) is 0 Å². The van der Waals surface area contributed by atoms with Crippen LogP contribution in [0.1, 0.15) is 6.42 Å². The van der Waals surface area contributed by atoms with Crippen molar-refractivity contribution in [2.45, 2.75) is 10.8 Å². The highest BCUT2D eigenvalue weighted by Crippen LogP contribution is 2.24. The number of nitrogens with one attached hydrogen (secondary N) is 1. The molecule has 0 fully saturated rings. The van der Waals surface area contributed by atoms with E-state index in [2.05, 4.69) is 11.2 Å². The van der Waals surface area contributed by atoms with Gasteiger partial charge in [-0.3, -0.25) is 4.79 Å². The zero-order chi connectivity index (χ0) is 11.2. The molecule has 0 rings (SSSR count). The molecule has 0 aliphatic carbocycles. The van der Waals surface area contributed by atoms with Gasteiger partial charge in [0.2, 0.25) is 4.33 Å². The molecule has 0 saturated carbocycles. The summed E-state index contributed by atoms with van der Waals surface area (Å²) in [4.78, 5) is 11.3. The van der Waals surface area contributed by atoms with Crippen molar-refractivity contribution in [3.63, 3.8) is 0 Å². The summed E-state index contributed by atoms with van der Waals surface area (Å²) in [5, 5.41) is 2.40. The van der Waals surface area contributed by atoms with Gasteiger partial charge in [0, 0.05) is 6.54 Å².